The topological polar surface area (TPSA) is 44.1 Å². The highest BCUT2D eigenvalue weighted by Gasteiger charge is 2.15. The highest BCUT2D eigenvalue weighted by atomic mass is 19.1. The number of rotatable bonds is 7. The van der Waals surface area contributed by atoms with Gasteiger partial charge in [-0.2, -0.15) is 5.10 Å². The number of nitrogens with zero attached hydrogens (tertiary/aromatic N) is 2. The van der Waals surface area contributed by atoms with E-state index in [1.165, 1.54) is 10.7 Å². The summed E-state index contributed by atoms with van der Waals surface area (Å²) in [5.41, 5.74) is 1.98. The fraction of sp³-hybridized carbons (Fsp3) is 0.273. The van der Waals surface area contributed by atoms with Crippen LogP contribution in [-0.4, -0.2) is 15.7 Å². The van der Waals surface area contributed by atoms with Crippen molar-refractivity contribution >= 4 is 5.91 Å². The standard InChI is InChI=1S/C22H23FN2O2/c1-3-4-10-22(26)25-14-13-21(24-25)16(2)27-18-11-12-19(20(23)15-18)17-8-6-5-7-9-17/h5-9,11-16H,3-4,10H2,1-2H3/t16-/m0/s1. The highest BCUT2D eigenvalue weighted by Crippen LogP contribution is 2.28. The van der Waals surface area contributed by atoms with Gasteiger partial charge in [0.25, 0.3) is 0 Å². The molecule has 0 spiro atoms. The molecule has 0 saturated carbocycles. The van der Waals surface area contributed by atoms with Crippen molar-refractivity contribution in [2.24, 2.45) is 0 Å². The van der Waals surface area contributed by atoms with Gasteiger partial charge < -0.3 is 4.74 Å². The van der Waals surface area contributed by atoms with Gasteiger partial charge in [-0.25, -0.2) is 9.07 Å². The molecule has 0 amide bonds. The second-order valence-corrected chi connectivity index (χ2v) is 6.45. The summed E-state index contributed by atoms with van der Waals surface area (Å²) in [4.78, 5) is 12.0. The van der Waals surface area contributed by atoms with Crippen LogP contribution in [0.1, 0.15) is 49.7 Å². The van der Waals surface area contributed by atoms with Crippen LogP contribution in [0.3, 0.4) is 0 Å². The fourth-order valence-electron chi connectivity index (χ4n) is 2.82. The van der Waals surface area contributed by atoms with Gasteiger partial charge in [-0.1, -0.05) is 43.7 Å². The summed E-state index contributed by atoms with van der Waals surface area (Å²) in [6.45, 7) is 3.87. The van der Waals surface area contributed by atoms with Crippen molar-refractivity contribution in [3.05, 3.63) is 72.3 Å². The molecule has 140 valence electrons. The minimum absolute atomic E-state index is 0.0337. The summed E-state index contributed by atoms with van der Waals surface area (Å²) in [7, 11) is 0. The molecule has 0 saturated heterocycles. The normalized spacial score (nSPS) is 12.0. The van der Waals surface area contributed by atoms with Gasteiger partial charge in [0.1, 0.15) is 23.4 Å². The van der Waals surface area contributed by atoms with Crippen LogP contribution in [0.2, 0.25) is 0 Å². The Bertz CT molecular complexity index is 906. The molecule has 0 radical (unpaired) electrons. The maximum Gasteiger partial charge on any atom is 0.246 e. The molecule has 1 aromatic heterocycles. The zero-order chi connectivity index (χ0) is 19.2. The van der Waals surface area contributed by atoms with Crippen molar-refractivity contribution in [3.8, 4) is 16.9 Å². The van der Waals surface area contributed by atoms with Gasteiger partial charge in [0.05, 0.1) is 0 Å². The molecular formula is C22H23FN2O2. The van der Waals surface area contributed by atoms with Crippen molar-refractivity contribution in [1.82, 2.24) is 9.78 Å². The number of unbranched alkanes of at least 4 members (excludes halogenated alkanes) is 1. The lowest BCUT2D eigenvalue weighted by atomic mass is 10.1. The average molecular weight is 366 g/mol. The molecule has 0 aliphatic carbocycles. The van der Waals surface area contributed by atoms with Gasteiger partial charge in [0, 0.05) is 24.2 Å². The summed E-state index contributed by atoms with van der Waals surface area (Å²) in [6, 6.07) is 16.0. The Hall–Kier alpha value is -2.95. The van der Waals surface area contributed by atoms with Crippen LogP contribution >= 0.6 is 0 Å². The molecule has 5 heteroatoms. The van der Waals surface area contributed by atoms with E-state index >= 15 is 0 Å². The third-order valence-electron chi connectivity index (χ3n) is 4.36. The third-order valence-corrected chi connectivity index (χ3v) is 4.36. The lowest BCUT2D eigenvalue weighted by Crippen LogP contribution is -2.12. The Morgan fingerprint density at radius 3 is 2.67 bits per heavy atom. The largest absolute Gasteiger partial charge is 0.484 e. The van der Waals surface area contributed by atoms with E-state index in [-0.39, 0.29) is 11.7 Å². The summed E-state index contributed by atoms with van der Waals surface area (Å²) in [5.74, 6) is 0.0475. The second-order valence-electron chi connectivity index (χ2n) is 6.45. The molecular weight excluding hydrogens is 343 g/mol. The number of hydrogen-bond donors (Lipinski definition) is 0. The number of halogens is 1. The van der Waals surface area contributed by atoms with Crippen molar-refractivity contribution in [3.63, 3.8) is 0 Å². The van der Waals surface area contributed by atoms with Crippen molar-refractivity contribution in [2.45, 2.75) is 39.2 Å². The fourth-order valence-corrected chi connectivity index (χ4v) is 2.82. The minimum Gasteiger partial charge on any atom is -0.484 e. The maximum absolute atomic E-state index is 14.5. The lowest BCUT2D eigenvalue weighted by Gasteiger charge is -2.13. The van der Waals surface area contributed by atoms with E-state index < -0.39 is 6.10 Å². The van der Waals surface area contributed by atoms with E-state index in [1.807, 2.05) is 44.2 Å². The van der Waals surface area contributed by atoms with Crippen LogP contribution in [0.5, 0.6) is 5.75 Å². The Morgan fingerprint density at radius 2 is 1.96 bits per heavy atom. The van der Waals surface area contributed by atoms with E-state index in [9.17, 15) is 9.18 Å². The number of ether oxygens (including phenoxy) is 1. The molecule has 1 heterocycles. The first-order valence-corrected chi connectivity index (χ1v) is 9.19. The number of hydrogen-bond acceptors (Lipinski definition) is 3. The van der Waals surface area contributed by atoms with Gasteiger partial charge in [0.15, 0.2) is 0 Å². The van der Waals surface area contributed by atoms with Gasteiger partial charge in [-0.3, -0.25) is 4.79 Å². The van der Waals surface area contributed by atoms with E-state index in [2.05, 4.69) is 5.10 Å². The Labute approximate surface area is 158 Å². The summed E-state index contributed by atoms with van der Waals surface area (Å²) < 4.78 is 21.6. The monoisotopic (exact) mass is 366 g/mol. The molecule has 0 aliphatic heterocycles. The molecule has 0 bridgehead atoms. The molecule has 0 N–H and O–H groups in total. The predicted molar refractivity (Wildman–Crippen MR) is 103 cm³/mol. The van der Waals surface area contributed by atoms with E-state index in [1.54, 1.807) is 24.4 Å². The van der Waals surface area contributed by atoms with Crippen LogP contribution < -0.4 is 4.74 Å². The molecule has 0 unspecified atom stereocenters. The first-order chi connectivity index (χ1) is 13.1. The maximum atomic E-state index is 14.5. The smallest absolute Gasteiger partial charge is 0.246 e. The molecule has 0 fully saturated rings. The van der Waals surface area contributed by atoms with Crippen LogP contribution in [0.25, 0.3) is 11.1 Å². The molecule has 3 aromatic rings. The van der Waals surface area contributed by atoms with Gasteiger partial charge in [0.2, 0.25) is 5.91 Å². The van der Waals surface area contributed by atoms with E-state index in [0.717, 1.165) is 18.4 Å². The number of carbonyl (C=O) groups is 1. The SMILES string of the molecule is CCCCC(=O)n1ccc([C@H](C)Oc2ccc(-c3ccccc3)c(F)c2)n1. The predicted octanol–water partition coefficient (Wildman–Crippen LogP) is 5.66. The Morgan fingerprint density at radius 1 is 1.19 bits per heavy atom. The molecule has 2 aromatic carbocycles. The zero-order valence-corrected chi connectivity index (χ0v) is 15.6. The Kier molecular flexibility index (Phi) is 6.01. The molecule has 0 aliphatic rings. The van der Waals surface area contributed by atoms with Crippen LogP contribution in [0.4, 0.5) is 4.39 Å². The van der Waals surface area contributed by atoms with E-state index in [4.69, 9.17) is 4.74 Å². The van der Waals surface area contributed by atoms with Gasteiger partial charge in [-0.15, -0.1) is 0 Å². The molecule has 27 heavy (non-hydrogen) atoms. The first kappa shape index (κ1) is 18.8. The van der Waals surface area contributed by atoms with Crippen LogP contribution in [0, 0.1) is 5.82 Å². The second kappa shape index (κ2) is 8.62. The molecule has 4 nitrogen and oxygen atoms in total. The Balaban J connectivity index is 1.69. The first-order valence-electron chi connectivity index (χ1n) is 9.19. The molecule has 3 rings (SSSR count). The van der Waals surface area contributed by atoms with Gasteiger partial charge >= 0.3 is 0 Å². The number of aromatic nitrogens is 2. The minimum atomic E-state index is -0.396. The van der Waals surface area contributed by atoms with Crippen molar-refractivity contribution in [1.29, 1.82) is 0 Å². The zero-order valence-electron chi connectivity index (χ0n) is 15.6. The van der Waals surface area contributed by atoms with Gasteiger partial charge in [-0.05, 0) is 37.1 Å². The third kappa shape index (κ3) is 4.61. The van der Waals surface area contributed by atoms with E-state index in [0.29, 0.717) is 23.4 Å². The average Bonchev–Trinajstić information content (AvgIpc) is 3.17. The summed E-state index contributed by atoms with van der Waals surface area (Å²) >= 11 is 0. The highest BCUT2D eigenvalue weighted by molar-refractivity contribution is 5.77. The summed E-state index contributed by atoms with van der Waals surface area (Å²) in [5, 5.41) is 4.30. The van der Waals surface area contributed by atoms with Crippen molar-refractivity contribution in [2.75, 3.05) is 0 Å². The lowest BCUT2D eigenvalue weighted by molar-refractivity contribution is 0.0882. The van der Waals surface area contributed by atoms with Crippen LogP contribution in [-0.2, 0) is 0 Å². The summed E-state index contributed by atoms with van der Waals surface area (Å²) in [6.07, 6.45) is 3.52. The number of carbonyl (C=O) groups excluding carboxylic acids is 1. The molecule has 1 atom stereocenters. The quantitative estimate of drug-likeness (QED) is 0.542. The van der Waals surface area contributed by atoms with Crippen LogP contribution in [0.15, 0.2) is 60.8 Å². The number of benzene rings is 2. The van der Waals surface area contributed by atoms with Crippen molar-refractivity contribution < 1.29 is 13.9 Å².